The van der Waals surface area contributed by atoms with E-state index in [0.717, 1.165) is 4.90 Å². The van der Waals surface area contributed by atoms with E-state index >= 15 is 0 Å². The third-order valence-electron chi connectivity index (χ3n) is 1.89. The van der Waals surface area contributed by atoms with Crippen molar-refractivity contribution in [2.75, 3.05) is 17.8 Å². The molecule has 4 nitrogen and oxygen atoms in total. The summed E-state index contributed by atoms with van der Waals surface area (Å²) in [5, 5.41) is 8.82. The van der Waals surface area contributed by atoms with Crippen molar-refractivity contribution in [1.82, 2.24) is 0 Å². The minimum atomic E-state index is -2.95. The summed E-state index contributed by atoms with van der Waals surface area (Å²) in [5.74, 6) is -0.433. The van der Waals surface area contributed by atoms with E-state index in [1.807, 2.05) is 0 Å². The number of carboxylic acid groups (broad SMARTS) is 1. The molecule has 0 saturated heterocycles. The van der Waals surface area contributed by atoms with E-state index in [0.29, 0.717) is 10.2 Å². The number of benzene rings is 1. The first-order chi connectivity index (χ1) is 7.79. The highest BCUT2D eigenvalue weighted by Gasteiger charge is 2.09. The molecule has 1 rings (SSSR count). The SMILES string of the molecule is CS(=O)(=O)CCSc1ccc(C(=O)O)c(Br)c1. The number of carbonyl (C=O) groups is 1. The van der Waals surface area contributed by atoms with Gasteiger partial charge in [-0.3, -0.25) is 0 Å². The van der Waals surface area contributed by atoms with Crippen LogP contribution in [0.1, 0.15) is 10.4 Å². The zero-order chi connectivity index (χ0) is 13.1. The molecule has 1 N–H and O–H groups in total. The van der Waals surface area contributed by atoms with E-state index in [4.69, 9.17) is 5.11 Å². The summed E-state index contributed by atoms with van der Waals surface area (Å²) in [6.07, 6.45) is 1.19. The van der Waals surface area contributed by atoms with E-state index < -0.39 is 15.8 Å². The van der Waals surface area contributed by atoms with E-state index in [1.54, 1.807) is 12.1 Å². The lowest BCUT2D eigenvalue weighted by atomic mass is 10.2. The minimum Gasteiger partial charge on any atom is -0.478 e. The second-order valence-corrected chi connectivity index (χ2v) is 7.71. The van der Waals surface area contributed by atoms with Crippen LogP contribution in [0.15, 0.2) is 27.6 Å². The molecular formula is C10H11BrO4S2. The van der Waals surface area contributed by atoms with Crippen LogP contribution in [0.5, 0.6) is 0 Å². The van der Waals surface area contributed by atoms with Gasteiger partial charge < -0.3 is 5.11 Å². The zero-order valence-electron chi connectivity index (χ0n) is 9.01. The van der Waals surface area contributed by atoms with Crippen LogP contribution >= 0.6 is 27.7 Å². The Kier molecular flexibility index (Phi) is 5.03. The van der Waals surface area contributed by atoms with E-state index in [2.05, 4.69) is 15.9 Å². The van der Waals surface area contributed by atoms with Crippen LogP contribution in [0.25, 0.3) is 0 Å². The predicted octanol–water partition coefficient (Wildman–Crippen LogP) is 2.28. The highest BCUT2D eigenvalue weighted by atomic mass is 79.9. The lowest BCUT2D eigenvalue weighted by Crippen LogP contribution is -2.05. The zero-order valence-corrected chi connectivity index (χ0v) is 12.2. The van der Waals surface area contributed by atoms with Crippen molar-refractivity contribution < 1.29 is 18.3 Å². The second-order valence-electron chi connectivity index (χ2n) is 3.43. The highest BCUT2D eigenvalue weighted by Crippen LogP contribution is 2.25. The smallest absolute Gasteiger partial charge is 0.336 e. The molecule has 7 heteroatoms. The molecule has 0 aliphatic rings. The van der Waals surface area contributed by atoms with Crippen LogP contribution in [0.2, 0.25) is 0 Å². The Labute approximate surface area is 112 Å². The summed E-state index contributed by atoms with van der Waals surface area (Å²) in [5.41, 5.74) is 0.192. The molecule has 0 aromatic heterocycles. The molecule has 0 heterocycles. The molecule has 0 aliphatic carbocycles. The van der Waals surface area contributed by atoms with Crippen molar-refractivity contribution in [3.8, 4) is 0 Å². The Bertz CT molecular complexity index is 525. The molecule has 0 spiro atoms. The number of rotatable bonds is 5. The third kappa shape index (κ3) is 5.10. The first-order valence-electron chi connectivity index (χ1n) is 4.63. The van der Waals surface area contributed by atoms with Crippen molar-refractivity contribution in [3.63, 3.8) is 0 Å². The molecule has 0 unspecified atom stereocenters. The topological polar surface area (TPSA) is 71.4 Å². The quantitative estimate of drug-likeness (QED) is 0.834. The summed E-state index contributed by atoms with van der Waals surface area (Å²) in [6.45, 7) is 0. The number of thioether (sulfide) groups is 1. The summed E-state index contributed by atoms with van der Waals surface area (Å²) in [4.78, 5) is 11.6. The number of carboxylic acids is 1. The lowest BCUT2D eigenvalue weighted by molar-refractivity contribution is 0.0696. The van der Waals surface area contributed by atoms with Crippen LogP contribution in [-0.2, 0) is 9.84 Å². The maximum Gasteiger partial charge on any atom is 0.336 e. The number of sulfone groups is 1. The van der Waals surface area contributed by atoms with Gasteiger partial charge in [0, 0.05) is 21.4 Å². The van der Waals surface area contributed by atoms with Crippen molar-refractivity contribution >= 4 is 43.5 Å². The predicted molar refractivity (Wildman–Crippen MR) is 71.5 cm³/mol. The monoisotopic (exact) mass is 338 g/mol. The van der Waals surface area contributed by atoms with E-state index in [-0.39, 0.29) is 11.3 Å². The molecular weight excluding hydrogens is 328 g/mol. The second kappa shape index (κ2) is 5.88. The summed E-state index contributed by atoms with van der Waals surface area (Å²) >= 11 is 4.55. The van der Waals surface area contributed by atoms with Gasteiger partial charge >= 0.3 is 5.97 Å². The molecule has 0 atom stereocenters. The van der Waals surface area contributed by atoms with Gasteiger partial charge in [0.25, 0.3) is 0 Å². The Morgan fingerprint density at radius 2 is 2.12 bits per heavy atom. The molecule has 0 saturated carbocycles. The first-order valence-corrected chi connectivity index (χ1v) is 8.47. The molecule has 0 fully saturated rings. The summed E-state index contributed by atoms with van der Waals surface area (Å²) in [7, 11) is -2.95. The molecule has 0 bridgehead atoms. The Morgan fingerprint density at radius 3 is 2.59 bits per heavy atom. The lowest BCUT2D eigenvalue weighted by Gasteiger charge is -2.04. The van der Waals surface area contributed by atoms with Gasteiger partial charge in [-0.15, -0.1) is 11.8 Å². The number of aromatic carboxylic acids is 1. The fourth-order valence-electron chi connectivity index (χ4n) is 1.07. The van der Waals surface area contributed by atoms with Crippen molar-refractivity contribution in [1.29, 1.82) is 0 Å². The van der Waals surface area contributed by atoms with Gasteiger partial charge in [-0.1, -0.05) is 0 Å². The third-order valence-corrected chi connectivity index (χ3v) is 4.75. The minimum absolute atomic E-state index is 0.107. The van der Waals surface area contributed by atoms with E-state index in [1.165, 1.54) is 24.1 Å². The average molecular weight is 339 g/mol. The van der Waals surface area contributed by atoms with Crippen LogP contribution in [0.4, 0.5) is 0 Å². The van der Waals surface area contributed by atoms with Crippen LogP contribution in [0, 0.1) is 0 Å². The van der Waals surface area contributed by atoms with Crippen LogP contribution in [0.3, 0.4) is 0 Å². The van der Waals surface area contributed by atoms with Crippen LogP contribution in [-0.4, -0.2) is 37.3 Å². The van der Waals surface area contributed by atoms with Crippen molar-refractivity contribution in [3.05, 3.63) is 28.2 Å². The molecule has 1 aromatic carbocycles. The number of hydrogen-bond acceptors (Lipinski definition) is 4. The highest BCUT2D eigenvalue weighted by molar-refractivity contribution is 9.10. The number of hydrogen-bond donors (Lipinski definition) is 1. The van der Waals surface area contributed by atoms with Gasteiger partial charge in [-0.05, 0) is 34.1 Å². The molecule has 17 heavy (non-hydrogen) atoms. The maximum atomic E-state index is 10.9. The Balaban J connectivity index is 2.68. The van der Waals surface area contributed by atoms with E-state index in [9.17, 15) is 13.2 Å². The van der Waals surface area contributed by atoms with Gasteiger partial charge in [0.05, 0.1) is 11.3 Å². The molecule has 0 aliphatic heterocycles. The summed E-state index contributed by atoms with van der Waals surface area (Å²) < 4.78 is 22.4. The van der Waals surface area contributed by atoms with Gasteiger partial charge in [0.15, 0.2) is 0 Å². The van der Waals surface area contributed by atoms with Gasteiger partial charge in [-0.25, -0.2) is 13.2 Å². The van der Waals surface area contributed by atoms with Crippen molar-refractivity contribution in [2.24, 2.45) is 0 Å². The molecule has 0 amide bonds. The largest absolute Gasteiger partial charge is 0.478 e. The molecule has 0 radical (unpaired) electrons. The van der Waals surface area contributed by atoms with Gasteiger partial charge in [0.2, 0.25) is 0 Å². The average Bonchev–Trinajstić information content (AvgIpc) is 2.15. The Hall–Kier alpha value is -0.530. The van der Waals surface area contributed by atoms with Crippen molar-refractivity contribution in [2.45, 2.75) is 4.90 Å². The van der Waals surface area contributed by atoms with Crippen LogP contribution < -0.4 is 0 Å². The number of halogens is 1. The maximum absolute atomic E-state index is 10.9. The molecule has 94 valence electrons. The molecule has 1 aromatic rings. The summed E-state index contributed by atoms with van der Waals surface area (Å²) in [6, 6.07) is 4.84. The fraction of sp³-hybridized carbons (Fsp3) is 0.300. The van der Waals surface area contributed by atoms with Gasteiger partial charge in [0.1, 0.15) is 9.84 Å². The van der Waals surface area contributed by atoms with Gasteiger partial charge in [-0.2, -0.15) is 0 Å². The first kappa shape index (κ1) is 14.5. The standard InChI is InChI=1S/C10H11BrO4S2/c1-17(14,15)5-4-16-7-2-3-8(10(12)13)9(11)6-7/h2-3,6H,4-5H2,1H3,(H,12,13). The fourth-order valence-corrected chi connectivity index (χ4v) is 3.92. The Morgan fingerprint density at radius 1 is 1.47 bits per heavy atom. The normalized spacial score (nSPS) is 11.4.